The summed E-state index contributed by atoms with van der Waals surface area (Å²) in [6.45, 7) is 2.00. The van der Waals surface area contributed by atoms with Gasteiger partial charge in [-0.2, -0.15) is 0 Å². The van der Waals surface area contributed by atoms with Crippen LogP contribution in [0.1, 0.15) is 11.1 Å². The predicted octanol–water partition coefficient (Wildman–Crippen LogP) is 5.49. The predicted molar refractivity (Wildman–Crippen MR) is 128 cm³/mol. The number of nitrogens with zero attached hydrogens (tertiary/aromatic N) is 3. The number of hydrogen-bond acceptors (Lipinski definition) is 7. The number of nitro groups is 1. The summed E-state index contributed by atoms with van der Waals surface area (Å²) in [5.74, 6) is 1.58. The third-order valence-electron chi connectivity index (χ3n) is 4.75. The maximum atomic E-state index is 12.2. The van der Waals surface area contributed by atoms with Crippen LogP contribution in [0.4, 0.5) is 11.4 Å². The zero-order chi connectivity index (χ0) is 23.2. The van der Waals surface area contributed by atoms with E-state index in [0.29, 0.717) is 23.2 Å². The van der Waals surface area contributed by atoms with Gasteiger partial charge >= 0.3 is 0 Å². The van der Waals surface area contributed by atoms with E-state index in [-0.39, 0.29) is 17.3 Å². The molecule has 0 spiro atoms. The van der Waals surface area contributed by atoms with Crippen LogP contribution in [-0.4, -0.2) is 26.8 Å². The second kappa shape index (κ2) is 10.1. The number of nitro benzene ring substituents is 1. The number of carbonyl (C=O) groups is 1. The number of benzene rings is 3. The molecule has 1 heterocycles. The summed E-state index contributed by atoms with van der Waals surface area (Å²) in [6, 6.07) is 21.4. The molecule has 4 rings (SSSR count). The monoisotopic (exact) mass is 460 g/mol. The van der Waals surface area contributed by atoms with E-state index in [1.807, 2.05) is 43.3 Å². The molecule has 0 aliphatic carbocycles. The molecule has 0 aliphatic rings. The molecule has 0 radical (unpaired) electrons. The average Bonchev–Trinajstić information content (AvgIpc) is 3.30. The van der Waals surface area contributed by atoms with Gasteiger partial charge in [0.1, 0.15) is 0 Å². The highest BCUT2D eigenvalue weighted by atomic mass is 32.2. The molecule has 1 amide bonds. The fourth-order valence-corrected chi connectivity index (χ4v) is 3.89. The molecule has 0 fully saturated rings. The number of aromatic nitrogens is 2. The van der Waals surface area contributed by atoms with Gasteiger partial charge in [0.2, 0.25) is 17.7 Å². The Morgan fingerprint density at radius 1 is 1.00 bits per heavy atom. The summed E-state index contributed by atoms with van der Waals surface area (Å²) in [7, 11) is 0. The second-order valence-electron chi connectivity index (χ2n) is 7.32. The van der Waals surface area contributed by atoms with Crippen LogP contribution in [0.2, 0.25) is 0 Å². The van der Waals surface area contributed by atoms with Crippen molar-refractivity contribution in [1.29, 1.82) is 0 Å². The third kappa shape index (κ3) is 5.83. The second-order valence-corrected chi connectivity index (χ2v) is 8.31. The number of amides is 1. The van der Waals surface area contributed by atoms with Gasteiger partial charge in [-0.05, 0) is 48.9 Å². The van der Waals surface area contributed by atoms with Crippen molar-refractivity contribution < 1.29 is 14.1 Å². The number of thioether (sulfide) groups is 1. The zero-order valence-electron chi connectivity index (χ0n) is 17.7. The maximum absolute atomic E-state index is 12.2. The Balaban J connectivity index is 1.29. The number of hydrogen-bond donors (Lipinski definition) is 1. The number of rotatable bonds is 8. The van der Waals surface area contributed by atoms with Gasteiger partial charge in [0.05, 0.1) is 10.7 Å². The first-order chi connectivity index (χ1) is 16.0. The van der Waals surface area contributed by atoms with Crippen molar-refractivity contribution in [3.63, 3.8) is 0 Å². The Morgan fingerprint density at radius 2 is 1.70 bits per heavy atom. The largest absolute Gasteiger partial charge is 0.416 e. The smallest absolute Gasteiger partial charge is 0.269 e. The summed E-state index contributed by atoms with van der Waals surface area (Å²) in [5.41, 5.74) is 4.37. The first kappa shape index (κ1) is 22.2. The molecule has 1 aromatic heterocycles. The van der Waals surface area contributed by atoms with E-state index < -0.39 is 4.92 Å². The standard InChI is InChI=1S/C24H20N4O4S/c1-16-3-2-4-19(13-16)24-27-26-23(32-24)18-7-9-20(10-8-18)25-22(29)15-33-14-17-5-11-21(12-6-17)28(30)31/h2-13H,14-15H2,1H3,(H,25,29). The van der Waals surface area contributed by atoms with E-state index in [1.54, 1.807) is 24.3 Å². The Labute approximate surface area is 194 Å². The molecule has 0 saturated carbocycles. The Kier molecular flexibility index (Phi) is 6.80. The van der Waals surface area contributed by atoms with Crippen LogP contribution in [0.5, 0.6) is 0 Å². The minimum absolute atomic E-state index is 0.0526. The van der Waals surface area contributed by atoms with E-state index in [2.05, 4.69) is 15.5 Å². The highest BCUT2D eigenvalue weighted by Gasteiger charge is 2.11. The van der Waals surface area contributed by atoms with Gasteiger partial charge in [0, 0.05) is 34.7 Å². The molecule has 9 heteroatoms. The normalized spacial score (nSPS) is 10.7. The van der Waals surface area contributed by atoms with Crippen LogP contribution in [0.3, 0.4) is 0 Å². The quantitative estimate of drug-likeness (QED) is 0.273. The van der Waals surface area contributed by atoms with Crippen molar-refractivity contribution in [2.75, 3.05) is 11.1 Å². The molecule has 33 heavy (non-hydrogen) atoms. The van der Waals surface area contributed by atoms with E-state index in [4.69, 9.17) is 4.42 Å². The molecular weight excluding hydrogens is 440 g/mol. The number of anilines is 1. The minimum Gasteiger partial charge on any atom is -0.416 e. The summed E-state index contributed by atoms with van der Waals surface area (Å²) in [6.07, 6.45) is 0. The fraction of sp³-hybridized carbons (Fsp3) is 0.125. The molecule has 8 nitrogen and oxygen atoms in total. The Morgan fingerprint density at radius 3 is 2.36 bits per heavy atom. The topological polar surface area (TPSA) is 111 Å². The first-order valence-electron chi connectivity index (χ1n) is 10.1. The average molecular weight is 461 g/mol. The third-order valence-corrected chi connectivity index (χ3v) is 5.76. The van der Waals surface area contributed by atoms with Gasteiger partial charge in [-0.25, -0.2) is 0 Å². The minimum atomic E-state index is -0.433. The molecular formula is C24H20N4O4S. The molecule has 1 N–H and O–H groups in total. The van der Waals surface area contributed by atoms with Crippen LogP contribution < -0.4 is 5.32 Å². The van der Waals surface area contributed by atoms with Crippen LogP contribution in [0.15, 0.2) is 77.2 Å². The van der Waals surface area contributed by atoms with Gasteiger partial charge in [-0.3, -0.25) is 14.9 Å². The van der Waals surface area contributed by atoms with Gasteiger partial charge in [0.25, 0.3) is 5.69 Å². The van der Waals surface area contributed by atoms with Crippen LogP contribution in [0.25, 0.3) is 22.9 Å². The summed E-state index contributed by atoms with van der Waals surface area (Å²) in [4.78, 5) is 22.5. The Hall–Kier alpha value is -3.98. The summed E-state index contributed by atoms with van der Waals surface area (Å²) in [5, 5.41) is 21.8. The summed E-state index contributed by atoms with van der Waals surface area (Å²) < 4.78 is 5.80. The lowest BCUT2D eigenvalue weighted by Gasteiger charge is -2.06. The van der Waals surface area contributed by atoms with Gasteiger partial charge in [-0.15, -0.1) is 22.0 Å². The highest BCUT2D eigenvalue weighted by Crippen LogP contribution is 2.25. The van der Waals surface area contributed by atoms with E-state index >= 15 is 0 Å². The molecule has 0 saturated heterocycles. The molecule has 0 unspecified atom stereocenters. The molecule has 0 atom stereocenters. The fourth-order valence-electron chi connectivity index (χ4n) is 3.10. The van der Waals surface area contributed by atoms with E-state index in [1.165, 1.54) is 23.9 Å². The number of non-ortho nitro benzene ring substituents is 1. The first-order valence-corrected chi connectivity index (χ1v) is 11.3. The van der Waals surface area contributed by atoms with Crippen molar-refractivity contribution in [1.82, 2.24) is 10.2 Å². The number of carbonyl (C=O) groups excluding carboxylic acids is 1. The molecule has 0 bridgehead atoms. The molecule has 4 aromatic rings. The zero-order valence-corrected chi connectivity index (χ0v) is 18.5. The van der Waals surface area contributed by atoms with Crippen molar-refractivity contribution >= 4 is 29.0 Å². The van der Waals surface area contributed by atoms with Crippen LogP contribution in [-0.2, 0) is 10.5 Å². The number of aryl methyl sites for hydroxylation is 1. The SMILES string of the molecule is Cc1cccc(-c2nnc(-c3ccc(NC(=O)CSCc4ccc([N+](=O)[O-])cc4)cc3)o2)c1. The van der Waals surface area contributed by atoms with Crippen molar-refractivity contribution in [2.24, 2.45) is 0 Å². The van der Waals surface area contributed by atoms with E-state index in [9.17, 15) is 14.9 Å². The summed E-state index contributed by atoms with van der Waals surface area (Å²) >= 11 is 1.43. The van der Waals surface area contributed by atoms with Gasteiger partial charge < -0.3 is 9.73 Å². The highest BCUT2D eigenvalue weighted by molar-refractivity contribution is 7.99. The van der Waals surface area contributed by atoms with Crippen molar-refractivity contribution in [2.45, 2.75) is 12.7 Å². The van der Waals surface area contributed by atoms with Gasteiger partial charge in [0.15, 0.2) is 0 Å². The van der Waals surface area contributed by atoms with E-state index in [0.717, 1.165) is 22.3 Å². The van der Waals surface area contributed by atoms with Crippen LogP contribution >= 0.6 is 11.8 Å². The Bertz CT molecular complexity index is 1270. The van der Waals surface area contributed by atoms with Gasteiger partial charge in [-0.1, -0.05) is 29.8 Å². The lowest BCUT2D eigenvalue weighted by atomic mass is 10.1. The maximum Gasteiger partial charge on any atom is 0.269 e. The van der Waals surface area contributed by atoms with Crippen LogP contribution in [0, 0.1) is 17.0 Å². The van der Waals surface area contributed by atoms with Crippen molar-refractivity contribution in [3.8, 4) is 22.9 Å². The van der Waals surface area contributed by atoms with Crippen molar-refractivity contribution in [3.05, 3.63) is 94.0 Å². The molecule has 0 aliphatic heterocycles. The molecule has 166 valence electrons. The lowest BCUT2D eigenvalue weighted by Crippen LogP contribution is -2.14. The number of nitrogens with one attached hydrogen (secondary N) is 1. The molecule has 3 aromatic carbocycles. The lowest BCUT2D eigenvalue weighted by molar-refractivity contribution is -0.384.